The number of rotatable bonds is 7. The quantitative estimate of drug-likeness (QED) is 0.569. The summed E-state index contributed by atoms with van der Waals surface area (Å²) in [6, 6.07) is 23.0. The van der Waals surface area contributed by atoms with Crippen LogP contribution in [0.4, 0.5) is 5.69 Å². The third-order valence-corrected chi connectivity index (χ3v) is 6.04. The molecule has 0 fully saturated rings. The molecule has 4 rings (SSSR count). The van der Waals surface area contributed by atoms with Crippen LogP contribution in [-0.4, -0.2) is 23.3 Å². The summed E-state index contributed by atoms with van der Waals surface area (Å²) in [6.45, 7) is 4.29. The van der Waals surface area contributed by atoms with E-state index in [2.05, 4.69) is 12.1 Å². The molecular formula is C27H27NO3. The van der Waals surface area contributed by atoms with Crippen molar-refractivity contribution in [3.63, 3.8) is 0 Å². The average Bonchev–Trinajstić information content (AvgIpc) is 2.98. The Morgan fingerprint density at radius 1 is 0.968 bits per heavy atom. The van der Waals surface area contributed by atoms with Crippen LogP contribution >= 0.6 is 0 Å². The van der Waals surface area contributed by atoms with Gasteiger partial charge in [0.15, 0.2) is 11.4 Å². The van der Waals surface area contributed by atoms with E-state index in [1.807, 2.05) is 62.4 Å². The minimum atomic E-state index is -1.84. The molecular weight excluding hydrogens is 386 g/mol. The number of benzene rings is 3. The summed E-state index contributed by atoms with van der Waals surface area (Å²) in [5.74, 6) is -0.640. The van der Waals surface area contributed by atoms with Crippen LogP contribution in [-0.2, 0) is 16.8 Å². The summed E-state index contributed by atoms with van der Waals surface area (Å²) in [6.07, 6.45) is 1.35. The van der Waals surface area contributed by atoms with Crippen molar-refractivity contribution in [3.8, 4) is 0 Å². The molecule has 1 aliphatic heterocycles. The first-order valence-corrected chi connectivity index (χ1v) is 10.7. The summed E-state index contributed by atoms with van der Waals surface area (Å²) in [5, 5.41) is 11.5. The van der Waals surface area contributed by atoms with Gasteiger partial charge in [0.1, 0.15) is 0 Å². The number of carbonyl (C=O) groups excluding carboxylic acids is 2. The van der Waals surface area contributed by atoms with Crippen molar-refractivity contribution in [1.82, 2.24) is 0 Å². The molecule has 0 spiro atoms. The minimum Gasteiger partial charge on any atom is -0.375 e. The van der Waals surface area contributed by atoms with Crippen LogP contribution in [0.1, 0.15) is 45.5 Å². The van der Waals surface area contributed by atoms with Gasteiger partial charge in [-0.15, -0.1) is 0 Å². The SMILES string of the molecule is Cc1ccc(C)c(C(=O)CC2(O)C(=O)N(CCCc3ccccc3)c3ccccc32)c1. The molecule has 0 saturated heterocycles. The van der Waals surface area contributed by atoms with Gasteiger partial charge in [0, 0.05) is 17.7 Å². The Bertz CT molecular complexity index is 1120. The summed E-state index contributed by atoms with van der Waals surface area (Å²) in [5.41, 5.74) is 2.95. The fourth-order valence-corrected chi connectivity index (χ4v) is 4.35. The number of hydrogen-bond donors (Lipinski definition) is 1. The molecule has 0 aliphatic carbocycles. The van der Waals surface area contributed by atoms with E-state index in [0.29, 0.717) is 23.4 Å². The summed E-state index contributed by atoms with van der Waals surface area (Å²) >= 11 is 0. The fourth-order valence-electron chi connectivity index (χ4n) is 4.35. The molecule has 0 saturated carbocycles. The number of aliphatic hydroxyl groups is 1. The van der Waals surface area contributed by atoms with Gasteiger partial charge >= 0.3 is 0 Å². The molecule has 1 amide bonds. The molecule has 0 aromatic heterocycles. The predicted molar refractivity (Wildman–Crippen MR) is 122 cm³/mol. The molecule has 3 aromatic carbocycles. The molecule has 0 radical (unpaired) electrons. The predicted octanol–water partition coefficient (Wildman–Crippen LogP) is 4.74. The normalized spacial score (nSPS) is 17.6. The molecule has 4 heteroatoms. The van der Waals surface area contributed by atoms with E-state index in [1.54, 1.807) is 17.0 Å². The van der Waals surface area contributed by atoms with Crippen LogP contribution in [0.2, 0.25) is 0 Å². The largest absolute Gasteiger partial charge is 0.375 e. The maximum absolute atomic E-state index is 13.4. The molecule has 3 aromatic rings. The van der Waals surface area contributed by atoms with Gasteiger partial charge in [-0.2, -0.15) is 0 Å². The number of fused-ring (bicyclic) bond motifs is 1. The zero-order chi connectivity index (χ0) is 22.0. The molecule has 4 nitrogen and oxygen atoms in total. The minimum absolute atomic E-state index is 0.224. The van der Waals surface area contributed by atoms with Gasteiger partial charge in [0.2, 0.25) is 0 Å². The van der Waals surface area contributed by atoms with Crippen LogP contribution in [0.3, 0.4) is 0 Å². The maximum atomic E-state index is 13.4. The smallest absolute Gasteiger partial charge is 0.264 e. The van der Waals surface area contributed by atoms with Crippen molar-refractivity contribution in [3.05, 3.63) is 101 Å². The average molecular weight is 414 g/mol. The van der Waals surface area contributed by atoms with E-state index in [0.717, 1.165) is 24.0 Å². The monoisotopic (exact) mass is 413 g/mol. The third-order valence-electron chi connectivity index (χ3n) is 6.04. The molecule has 1 aliphatic rings. The number of nitrogens with zero attached hydrogens (tertiary/aromatic N) is 1. The number of aryl methyl sites for hydroxylation is 3. The Labute approximate surface area is 183 Å². The summed E-state index contributed by atoms with van der Waals surface area (Å²) in [4.78, 5) is 28.1. The van der Waals surface area contributed by atoms with Crippen molar-refractivity contribution in [1.29, 1.82) is 0 Å². The van der Waals surface area contributed by atoms with Crippen LogP contribution in [0.25, 0.3) is 0 Å². The lowest BCUT2D eigenvalue weighted by Gasteiger charge is -2.23. The number of ketones is 1. The number of hydrogen-bond acceptors (Lipinski definition) is 3. The van der Waals surface area contributed by atoms with E-state index in [9.17, 15) is 14.7 Å². The number of Topliss-reactive ketones (excluding diaryl/α,β-unsaturated/α-hetero) is 1. The van der Waals surface area contributed by atoms with Gasteiger partial charge < -0.3 is 10.0 Å². The van der Waals surface area contributed by atoms with E-state index >= 15 is 0 Å². The van der Waals surface area contributed by atoms with Crippen LogP contribution in [0.15, 0.2) is 72.8 Å². The first kappa shape index (κ1) is 21.0. The molecule has 1 unspecified atom stereocenters. The van der Waals surface area contributed by atoms with E-state index < -0.39 is 11.5 Å². The molecule has 31 heavy (non-hydrogen) atoms. The first-order chi connectivity index (χ1) is 14.9. The molecule has 1 N–H and O–H groups in total. The second-order valence-electron chi connectivity index (χ2n) is 8.34. The Kier molecular flexibility index (Phi) is 5.75. The molecule has 0 bridgehead atoms. The summed E-state index contributed by atoms with van der Waals surface area (Å²) in [7, 11) is 0. The van der Waals surface area contributed by atoms with Crippen LogP contribution in [0, 0.1) is 13.8 Å². The molecule has 1 atom stereocenters. The fraction of sp³-hybridized carbons (Fsp3) is 0.259. The standard InChI is InChI=1S/C27H27NO3/c1-19-14-15-20(2)22(17-19)25(29)18-27(31)23-12-6-7-13-24(23)28(26(27)30)16-8-11-21-9-4-3-5-10-21/h3-7,9-10,12-15,17,31H,8,11,16,18H2,1-2H3. The lowest BCUT2D eigenvalue weighted by Crippen LogP contribution is -2.42. The van der Waals surface area contributed by atoms with Crippen molar-refractivity contribution >= 4 is 17.4 Å². The number of para-hydroxylation sites is 1. The highest BCUT2D eigenvalue weighted by Crippen LogP contribution is 2.43. The highest BCUT2D eigenvalue weighted by molar-refractivity contribution is 6.11. The molecule has 158 valence electrons. The Morgan fingerprint density at radius 2 is 1.68 bits per heavy atom. The Hall–Kier alpha value is -3.24. The van der Waals surface area contributed by atoms with Gasteiger partial charge in [-0.05, 0) is 49.9 Å². The topological polar surface area (TPSA) is 57.6 Å². The van der Waals surface area contributed by atoms with Gasteiger partial charge in [0.05, 0.1) is 12.1 Å². The van der Waals surface area contributed by atoms with E-state index in [4.69, 9.17) is 0 Å². The first-order valence-electron chi connectivity index (χ1n) is 10.7. The number of amides is 1. The number of anilines is 1. The van der Waals surface area contributed by atoms with Gasteiger partial charge in [-0.25, -0.2) is 0 Å². The van der Waals surface area contributed by atoms with Gasteiger partial charge in [-0.3, -0.25) is 9.59 Å². The lowest BCUT2D eigenvalue weighted by molar-refractivity contribution is -0.135. The van der Waals surface area contributed by atoms with E-state index in [1.165, 1.54) is 5.56 Å². The highest BCUT2D eigenvalue weighted by Gasteiger charge is 2.50. The van der Waals surface area contributed by atoms with Crippen molar-refractivity contribution < 1.29 is 14.7 Å². The van der Waals surface area contributed by atoms with Crippen molar-refractivity contribution in [2.75, 3.05) is 11.4 Å². The second kappa shape index (κ2) is 8.48. The number of carbonyl (C=O) groups is 2. The van der Waals surface area contributed by atoms with Crippen molar-refractivity contribution in [2.45, 2.75) is 38.7 Å². The third kappa shape index (κ3) is 4.04. The van der Waals surface area contributed by atoms with Crippen molar-refractivity contribution in [2.24, 2.45) is 0 Å². The Balaban J connectivity index is 1.57. The highest BCUT2D eigenvalue weighted by atomic mass is 16.3. The zero-order valence-corrected chi connectivity index (χ0v) is 18.0. The van der Waals surface area contributed by atoms with E-state index in [-0.39, 0.29) is 12.2 Å². The Morgan fingerprint density at radius 3 is 2.45 bits per heavy atom. The van der Waals surface area contributed by atoms with Crippen LogP contribution in [0.5, 0.6) is 0 Å². The van der Waals surface area contributed by atoms with Crippen LogP contribution < -0.4 is 4.90 Å². The van der Waals surface area contributed by atoms with Gasteiger partial charge in [-0.1, -0.05) is 66.2 Å². The van der Waals surface area contributed by atoms with Gasteiger partial charge in [0.25, 0.3) is 5.91 Å². The molecule has 1 heterocycles. The second-order valence-corrected chi connectivity index (χ2v) is 8.34. The summed E-state index contributed by atoms with van der Waals surface area (Å²) < 4.78 is 0. The zero-order valence-electron chi connectivity index (χ0n) is 18.0. The lowest BCUT2D eigenvalue weighted by atomic mass is 9.87. The maximum Gasteiger partial charge on any atom is 0.264 e.